The highest BCUT2D eigenvalue weighted by Crippen LogP contribution is 2.47. The summed E-state index contributed by atoms with van der Waals surface area (Å²) in [6.45, 7) is 1.57. The van der Waals surface area contributed by atoms with Gasteiger partial charge >= 0.3 is 0 Å². The number of hydrogen-bond donors (Lipinski definition) is 1. The molecule has 1 heterocycles. The average molecular weight is 354 g/mol. The SMILES string of the molecule is Cc1c(C(=O)Nc2ccc3c(c2)OC2(CCCC2)O3)cccc1[N+](=O)[O-]. The molecule has 1 fully saturated rings. The lowest BCUT2D eigenvalue weighted by Crippen LogP contribution is -2.34. The monoisotopic (exact) mass is 354 g/mol. The van der Waals surface area contributed by atoms with Gasteiger partial charge in [0.2, 0.25) is 0 Å². The van der Waals surface area contributed by atoms with E-state index in [1.807, 2.05) is 0 Å². The second-order valence-corrected chi connectivity index (χ2v) is 6.64. The molecule has 7 nitrogen and oxygen atoms in total. The molecular weight excluding hydrogens is 336 g/mol. The summed E-state index contributed by atoms with van der Waals surface area (Å²) < 4.78 is 11.9. The number of nitro benzene ring substituents is 1. The first-order chi connectivity index (χ1) is 12.5. The van der Waals surface area contributed by atoms with E-state index in [0.717, 1.165) is 25.7 Å². The zero-order valence-corrected chi connectivity index (χ0v) is 14.3. The van der Waals surface area contributed by atoms with E-state index in [4.69, 9.17) is 9.47 Å². The Morgan fingerprint density at radius 1 is 1.15 bits per heavy atom. The molecule has 1 aliphatic heterocycles. The van der Waals surface area contributed by atoms with Crippen molar-refractivity contribution in [3.05, 3.63) is 57.6 Å². The van der Waals surface area contributed by atoms with Gasteiger partial charge in [-0.05, 0) is 38.0 Å². The van der Waals surface area contributed by atoms with Crippen molar-refractivity contribution in [2.45, 2.75) is 38.4 Å². The number of nitrogens with one attached hydrogen (secondary N) is 1. The molecule has 1 aliphatic carbocycles. The van der Waals surface area contributed by atoms with Crippen LogP contribution in [0.2, 0.25) is 0 Å². The standard InChI is InChI=1S/C19H18N2O5/c1-12-14(5-4-6-15(12)21(23)24)18(22)20-13-7-8-16-17(11-13)26-19(25-16)9-2-3-10-19/h4-8,11H,2-3,9-10H2,1H3,(H,20,22). The quantitative estimate of drug-likeness (QED) is 0.659. The van der Waals surface area contributed by atoms with Crippen LogP contribution in [0.4, 0.5) is 11.4 Å². The lowest BCUT2D eigenvalue weighted by atomic mass is 10.1. The molecule has 0 unspecified atom stereocenters. The molecule has 1 saturated carbocycles. The van der Waals surface area contributed by atoms with Gasteiger partial charge in [-0.25, -0.2) is 0 Å². The number of rotatable bonds is 3. The van der Waals surface area contributed by atoms with E-state index >= 15 is 0 Å². The third-order valence-electron chi connectivity index (χ3n) is 4.91. The fourth-order valence-corrected chi connectivity index (χ4v) is 3.55. The number of carbonyl (C=O) groups excluding carboxylic acids is 1. The number of benzene rings is 2. The molecule has 0 aromatic heterocycles. The summed E-state index contributed by atoms with van der Waals surface area (Å²) in [5, 5.41) is 13.8. The fraction of sp³-hybridized carbons (Fsp3) is 0.316. The number of nitrogens with zero attached hydrogens (tertiary/aromatic N) is 1. The molecule has 2 aromatic carbocycles. The molecule has 134 valence electrons. The van der Waals surface area contributed by atoms with Crippen LogP contribution >= 0.6 is 0 Å². The fourth-order valence-electron chi connectivity index (χ4n) is 3.55. The van der Waals surface area contributed by atoms with E-state index in [0.29, 0.717) is 22.7 Å². The van der Waals surface area contributed by atoms with Crippen LogP contribution in [0.15, 0.2) is 36.4 Å². The Morgan fingerprint density at radius 3 is 2.62 bits per heavy atom. The number of hydrogen-bond acceptors (Lipinski definition) is 5. The maximum Gasteiger partial charge on any atom is 0.273 e. The van der Waals surface area contributed by atoms with Gasteiger partial charge in [0.05, 0.1) is 4.92 Å². The van der Waals surface area contributed by atoms with Crippen molar-refractivity contribution in [2.75, 3.05) is 5.32 Å². The van der Waals surface area contributed by atoms with Gasteiger partial charge in [0.25, 0.3) is 17.4 Å². The first-order valence-electron chi connectivity index (χ1n) is 8.55. The van der Waals surface area contributed by atoms with Crippen molar-refractivity contribution in [2.24, 2.45) is 0 Å². The van der Waals surface area contributed by atoms with Gasteiger partial charge in [0.1, 0.15) is 0 Å². The van der Waals surface area contributed by atoms with Crippen LogP contribution in [0.5, 0.6) is 11.5 Å². The Kier molecular flexibility index (Phi) is 3.79. The Labute approximate surface area is 150 Å². The molecule has 7 heteroatoms. The third-order valence-corrected chi connectivity index (χ3v) is 4.91. The van der Waals surface area contributed by atoms with Gasteiger partial charge < -0.3 is 14.8 Å². The second kappa shape index (κ2) is 6.01. The van der Waals surface area contributed by atoms with Crippen LogP contribution in [-0.4, -0.2) is 16.6 Å². The molecule has 26 heavy (non-hydrogen) atoms. The minimum atomic E-state index is -0.554. The zero-order valence-electron chi connectivity index (χ0n) is 14.3. The van der Waals surface area contributed by atoms with Crippen molar-refractivity contribution in [3.63, 3.8) is 0 Å². The molecule has 1 spiro atoms. The predicted octanol–water partition coefficient (Wildman–Crippen LogP) is 4.20. The summed E-state index contributed by atoms with van der Waals surface area (Å²) in [5.41, 5.74) is 1.08. The summed E-state index contributed by atoms with van der Waals surface area (Å²) >= 11 is 0. The number of ether oxygens (including phenoxy) is 2. The van der Waals surface area contributed by atoms with E-state index in [1.54, 1.807) is 31.2 Å². The predicted molar refractivity (Wildman–Crippen MR) is 94.7 cm³/mol. The van der Waals surface area contributed by atoms with Crippen LogP contribution < -0.4 is 14.8 Å². The Hall–Kier alpha value is -3.09. The van der Waals surface area contributed by atoms with E-state index in [-0.39, 0.29) is 11.3 Å². The number of anilines is 1. The molecule has 2 aliphatic rings. The van der Waals surface area contributed by atoms with Gasteiger partial charge in [-0.3, -0.25) is 14.9 Å². The number of fused-ring (bicyclic) bond motifs is 1. The maximum absolute atomic E-state index is 12.6. The largest absolute Gasteiger partial charge is 0.448 e. The molecule has 1 N–H and O–H groups in total. The summed E-state index contributed by atoms with van der Waals surface area (Å²) in [5.74, 6) is 0.333. The molecule has 0 atom stereocenters. The maximum atomic E-state index is 12.6. The Bertz CT molecular complexity index is 903. The normalized spacial score (nSPS) is 16.7. The van der Waals surface area contributed by atoms with Gasteiger partial charge in [-0.2, -0.15) is 0 Å². The van der Waals surface area contributed by atoms with Crippen molar-refractivity contribution >= 4 is 17.3 Å². The van der Waals surface area contributed by atoms with Gasteiger partial charge in [-0.1, -0.05) is 6.07 Å². The summed E-state index contributed by atoms with van der Waals surface area (Å²) in [6, 6.07) is 9.70. The van der Waals surface area contributed by atoms with E-state index < -0.39 is 16.6 Å². The molecule has 0 radical (unpaired) electrons. The molecule has 1 amide bonds. The van der Waals surface area contributed by atoms with Crippen molar-refractivity contribution in [1.29, 1.82) is 0 Å². The van der Waals surface area contributed by atoms with Crippen LogP contribution in [0.25, 0.3) is 0 Å². The molecular formula is C19H18N2O5. The highest BCUT2D eigenvalue weighted by atomic mass is 16.7. The summed E-state index contributed by atoms with van der Waals surface area (Å²) in [6.07, 6.45) is 3.86. The lowest BCUT2D eigenvalue weighted by molar-refractivity contribution is -0.385. The topological polar surface area (TPSA) is 90.7 Å². The number of carbonyl (C=O) groups is 1. The molecule has 4 rings (SSSR count). The van der Waals surface area contributed by atoms with E-state index in [2.05, 4.69) is 5.32 Å². The number of nitro groups is 1. The smallest absolute Gasteiger partial charge is 0.273 e. The first kappa shape index (κ1) is 16.4. The highest BCUT2D eigenvalue weighted by Gasteiger charge is 2.44. The highest BCUT2D eigenvalue weighted by molar-refractivity contribution is 6.06. The van der Waals surface area contributed by atoms with E-state index in [9.17, 15) is 14.9 Å². The zero-order chi connectivity index (χ0) is 18.3. The van der Waals surface area contributed by atoms with Crippen LogP contribution in [-0.2, 0) is 0 Å². The van der Waals surface area contributed by atoms with Crippen molar-refractivity contribution in [3.8, 4) is 11.5 Å². The Morgan fingerprint density at radius 2 is 1.88 bits per heavy atom. The Balaban J connectivity index is 1.55. The number of amides is 1. The summed E-state index contributed by atoms with van der Waals surface area (Å²) in [7, 11) is 0. The van der Waals surface area contributed by atoms with Gasteiger partial charge in [0.15, 0.2) is 11.5 Å². The van der Waals surface area contributed by atoms with Crippen molar-refractivity contribution in [1.82, 2.24) is 0 Å². The van der Waals surface area contributed by atoms with Gasteiger partial charge in [-0.15, -0.1) is 0 Å². The molecule has 0 bridgehead atoms. The third kappa shape index (κ3) is 2.75. The van der Waals surface area contributed by atoms with Gasteiger partial charge in [0, 0.05) is 41.8 Å². The van der Waals surface area contributed by atoms with Crippen LogP contribution in [0.1, 0.15) is 41.6 Å². The average Bonchev–Trinajstić information content (AvgIpc) is 3.20. The van der Waals surface area contributed by atoms with Crippen LogP contribution in [0, 0.1) is 17.0 Å². The first-order valence-corrected chi connectivity index (χ1v) is 8.55. The second-order valence-electron chi connectivity index (χ2n) is 6.64. The van der Waals surface area contributed by atoms with E-state index in [1.165, 1.54) is 12.1 Å². The van der Waals surface area contributed by atoms with Crippen molar-refractivity contribution < 1.29 is 19.2 Å². The molecule has 0 saturated heterocycles. The minimum Gasteiger partial charge on any atom is -0.448 e. The van der Waals surface area contributed by atoms with Crippen LogP contribution in [0.3, 0.4) is 0 Å². The lowest BCUT2D eigenvalue weighted by Gasteiger charge is -2.21. The minimum absolute atomic E-state index is 0.0773. The molecule has 2 aromatic rings. The summed E-state index contributed by atoms with van der Waals surface area (Å²) in [4.78, 5) is 23.1.